The van der Waals surface area contributed by atoms with E-state index in [1.54, 1.807) is 6.20 Å². The van der Waals surface area contributed by atoms with Crippen LogP contribution in [0.4, 0.5) is 0 Å². The van der Waals surface area contributed by atoms with Gasteiger partial charge in [-0.2, -0.15) is 0 Å². The van der Waals surface area contributed by atoms with E-state index < -0.39 is 0 Å². The molecule has 1 saturated heterocycles. The first-order chi connectivity index (χ1) is 8.22. The summed E-state index contributed by atoms with van der Waals surface area (Å²) in [6.45, 7) is 3.71. The minimum absolute atomic E-state index is 0.271. The Labute approximate surface area is 115 Å². The fraction of sp³-hybridized carbons (Fsp3) is 0.727. The molecule has 1 aromatic heterocycles. The largest absolute Gasteiger partial charge is 0.341 e. The number of aromatic nitrogens is 3. The van der Waals surface area contributed by atoms with Gasteiger partial charge in [-0.1, -0.05) is 12.1 Å². The average Bonchev–Trinajstić information content (AvgIpc) is 2.76. The number of nitrogens with zero attached hydrogens (tertiary/aromatic N) is 4. The number of carbonyl (C=O) groups excluding carboxylic acids is 1. The van der Waals surface area contributed by atoms with Crippen molar-refractivity contribution >= 4 is 28.5 Å². The van der Waals surface area contributed by atoms with Gasteiger partial charge in [0.15, 0.2) is 0 Å². The zero-order valence-electron chi connectivity index (χ0n) is 9.97. The van der Waals surface area contributed by atoms with Gasteiger partial charge in [0, 0.05) is 19.5 Å². The molecule has 0 aliphatic carbocycles. The van der Waals surface area contributed by atoms with Crippen LogP contribution in [0.3, 0.4) is 0 Å². The number of likely N-dealkylation sites (tertiary alicyclic amines) is 1. The van der Waals surface area contributed by atoms with Crippen LogP contribution in [0.15, 0.2) is 6.20 Å². The van der Waals surface area contributed by atoms with Crippen LogP contribution in [0.2, 0.25) is 0 Å². The quantitative estimate of drug-likeness (QED) is 0.784. The molecule has 1 atom stereocenters. The van der Waals surface area contributed by atoms with Crippen LogP contribution >= 0.6 is 22.6 Å². The normalized spacial score (nSPS) is 20.6. The fourth-order valence-electron chi connectivity index (χ4n) is 2.23. The van der Waals surface area contributed by atoms with Gasteiger partial charge in [-0.05, 0) is 41.9 Å². The molecule has 1 aliphatic rings. The van der Waals surface area contributed by atoms with Gasteiger partial charge in [-0.25, -0.2) is 4.68 Å². The summed E-state index contributed by atoms with van der Waals surface area (Å²) in [4.78, 5) is 13.8. The highest BCUT2D eigenvalue weighted by Crippen LogP contribution is 2.23. The van der Waals surface area contributed by atoms with E-state index in [9.17, 15) is 4.79 Å². The van der Waals surface area contributed by atoms with Gasteiger partial charge in [0.2, 0.25) is 5.91 Å². The van der Waals surface area contributed by atoms with E-state index in [1.807, 2.05) is 16.5 Å². The minimum atomic E-state index is 0.271. The zero-order valence-corrected chi connectivity index (χ0v) is 12.1. The van der Waals surface area contributed by atoms with Crippen LogP contribution in [-0.4, -0.2) is 38.9 Å². The van der Waals surface area contributed by atoms with Crippen molar-refractivity contribution < 1.29 is 4.79 Å². The van der Waals surface area contributed by atoms with E-state index in [0.29, 0.717) is 12.5 Å². The number of rotatable bonds is 3. The number of carbonyl (C=O) groups is 1. The second kappa shape index (κ2) is 5.79. The standard InChI is InChI=1S/C11H17IN4O/c1-2-4-11(17)15-6-3-5-9(8-15)16-10(12)7-13-14-16/h7,9H,2-6,8H2,1H3. The highest BCUT2D eigenvalue weighted by atomic mass is 127. The molecule has 0 bridgehead atoms. The van der Waals surface area contributed by atoms with E-state index >= 15 is 0 Å². The third-order valence-electron chi connectivity index (χ3n) is 3.09. The Morgan fingerprint density at radius 1 is 1.65 bits per heavy atom. The Hall–Kier alpha value is -0.660. The van der Waals surface area contributed by atoms with Gasteiger partial charge in [-0.15, -0.1) is 5.10 Å². The molecule has 1 aliphatic heterocycles. The molecule has 0 saturated carbocycles. The van der Waals surface area contributed by atoms with E-state index in [-0.39, 0.29) is 5.91 Å². The lowest BCUT2D eigenvalue weighted by Crippen LogP contribution is -2.41. The molecule has 2 heterocycles. The van der Waals surface area contributed by atoms with Crippen LogP contribution in [0.25, 0.3) is 0 Å². The maximum atomic E-state index is 11.9. The number of halogens is 1. The van der Waals surface area contributed by atoms with Gasteiger partial charge in [0.05, 0.1) is 12.2 Å². The lowest BCUT2D eigenvalue weighted by molar-refractivity contribution is -0.132. The first-order valence-corrected chi connectivity index (χ1v) is 7.13. The topological polar surface area (TPSA) is 51.0 Å². The molecule has 1 amide bonds. The lowest BCUT2D eigenvalue weighted by atomic mass is 10.1. The van der Waals surface area contributed by atoms with Crippen molar-refractivity contribution in [1.29, 1.82) is 0 Å². The highest BCUT2D eigenvalue weighted by Gasteiger charge is 2.25. The molecule has 6 heteroatoms. The average molecular weight is 348 g/mol. The van der Waals surface area contributed by atoms with Crippen molar-refractivity contribution in [2.45, 2.75) is 38.6 Å². The van der Waals surface area contributed by atoms with Crippen LogP contribution in [0.5, 0.6) is 0 Å². The molecule has 1 unspecified atom stereocenters. The van der Waals surface area contributed by atoms with E-state index in [1.165, 1.54) is 0 Å². The van der Waals surface area contributed by atoms with Gasteiger partial charge in [0.25, 0.3) is 0 Å². The predicted octanol–water partition coefficient (Wildman–Crippen LogP) is 1.85. The predicted molar refractivity (Wildman–Crippen MR) is 72.5 cm³/mol. The van der Waals surface area contributed by atoms with Crippen molar-refractivity contribution in [3.63, 3.8) is 0 Å². The summed E-state index contributed by atoms with van der Waals surface area (Å²) in [5.41, 5.74) is 0. The summed E-state index contributed by atoms with van der Waals surface area (Å²) >= 11 is 2.23. The molecule has 5 nitrogen and oxygen atoms in total. The molecular formula is C11H17IN4O. The second-order valence-electron chi connectivity index (χ2n) is 4.39. The Balaban J connectivity index is 2.02. The smallest absolute Gasteiger partial charge is 0.222 e. The van der Waals surface area contributed by atoms with Crippen LogP contribution in [-0.2, 0) is 4.79 Å². The van der Waals surface area contributed by atoms with Gasteiger partial charge in [-0.3, -0.25) is 4.79 Å². The third kappa shape index (κ3) is 2.97. The van der Waals surface area contributed by atoms with Crippen molar-refractivity contribution in [3.05, 3.63) is 9.90 Å². The van der Waals surface area contributed by atoms with Crippen LogP contribution < -0.4 is 0 Å². The molecule has 0 aromatic carbocycles. The number of amides is 1. The molecule has 17 heavy (non-hydrogen) atoms. The molecular weight excluding hydrogens is 331 g/mol. The summed E-state index contributed by atoms with van der Waals surface area (Å²) in [7, 11) is 0. The summed E-state index contributed by atoms with van der Waals surface area (Å²) in [5, 5.41) is 8.01. The zero-order chi connectivity index (χ0) is 12.3. The third-order valence-corrected chi connectivity index (χ3v) is 3.86. The summed E-state index contributed by atoms with van der Waals surface area (Å²) < 4.78 is 2.98. The highest BCUT2D eigenvalue weighted by molar-refractivity contribution is 14.1. The molecule has 0 radical (unpaired) electrons. The second-order valence-corrected chi connectivity index (χ2v) is 5.49. The van der Waals surface area contributed by atoms with Crippen LogP contribution in [0, 0.1) is 3.70 Å². The van der Waals surface area contributed by atoms with Gasteiger partial charge in [0.1, 0.15) is 3.70 Å². The summed E-state index contributed by atoms with van der Waals surface area (Å²) in [5.74, 6) is 0.271. The maximum absolute atomic E-state index is 11.9. The number of hydrogen-bond donors (Lipinski definition) is 0. The van der Waals surface area contributed by atoms with E-state index in [2.05, 4.69) is 32.9 Å². The molecule has 1 fully saturated rings. The monoisotopic (exact) mass is 348 g/mol. The van der Waals surface area contributed by atoms with Gasteiger partial charge < -0.3 is 4.90 Å². The number of hydrogen-bond acceptors (Lipinski definition) is 3. The minimum Gasteiger partial charge on any atom is -0.341 e. The van der Waals surface area contributed by atoms with Crippen molar-refractivity contribution in [1.82, 2.24) is 19.9 Å². The summed E-state index contributed by atoms with van der Waals surface area (Å²) in [6, 6.07) is 0.291. The number of piperidine rings is 1. The van der Waals surface area contributed by atoms with E-state index in [4.69, 9.17) is 0 Å². The van der Waals surface area contributed by atoms with Crippen molar-refractivity contribution in [2.75, 3.05) is 13.1 Å². The molecule has 1 aromatic rings. The van der Waals surface area contributed by atoms with E-state index in [0.717, 1.165) is 36.1 Å². The first kappa shape index (κ1) is 12.8. The molecule has 94 valence electrons. The molecule has 2 rings (SSSR count). The van der Waals surface area contributed by atoms with Gasteiger partial charge >= 0.3 is 0 Å². The molecule has 0 N–H and O–H groups in total. The SMILES string of the molecule is CCCC(=O)N1CCCC(n2nncc2I)C1. The maximum Gasteiger partial charge on any atom is 0.222 e. The lowest BCUT2D eigenvalue weighted by Gasteiger charge is -2.32. The van der Waals surface area contributed by atoms with Crippen molar-refractivity contribution in [3.8, 4) is 0 Å². The molecule has 0 spiro atoms. The van der Waals surface area contributed by atoms with Crippen LogP contribution in [0.1, 0.15) is 38.6 Å². The van der Waals surface area contributed by atoms with Crippen molar-refractivity contribution in [2.24, 2.45) is 0 Å². The summed E-state index contributed by atoms with van der Waals surface area (Å²) in [6.07, 6.45) is 5.46. The fourth-order valence-corrected chi connectivity index (χ4v) is 2.85. The first-order valence-electron chi connectivity index (χ1n) is 6.06. The Morgan fingerprint density at radius 2 is 2.47 bits per heavy atom. The Bertz CT molecular complexity index is 393. The Morgan fingerprint density at radius 3 is 3.12 bits per heavy atom. The Kier molecular flexibility index (Phi) is 4.36.